The fourth-order valence-electron chi connectivity index (χ4n) is 5.34. The molecule has 1 aliphatic heterocycles. The number of ketones is 1. The number of aliphatic hydroxyl groups is 1. The molecule has 1 N–H and O–H groups in total. The fraction of sp³-hybridized carbons (Fsp3) is 0.515. The summed E-state index contributed by atoms with van der Waals surface area (Å²) in [5, 5.41) is 11.1. The van der Waals surface area contributed by atoms with Crippen molar-refractivity contribution in [1.29, 1.82) is 0 Å². The Hall–Kier alpha value is -2.47. The number of likely N-dealkylation sites (tertiary alicyclic amines) is 1. The predicted molar refractivity (Wildman–Crippen MR) is 160 cm³/mol. The number of carbonyl (C=O) groups is 2. The Bertz CT molecular complexity index is 1080. The molecule has 1 fully saturated rings. The molecule has 1 unspecified atom stereocenters. The Morgan fingerprint density at radius 2 is 1.26 bits per heavy atom. The summed E-state index contributed by atoms with van der Waals surface area (Å²) in [4.78, 5) is 27.7. The van der Waals surface area contributed by atoms with Crippen molar-refractivity contribution in [3.63, 3.8) is 0 Å². The summed E-state index contributed by atoms with van der Waals surface area (Å²) in [6.45, 7) is 2.67. The van der Waals surface area contributed by atoms with E-state index in [0.29, 0.717) is 17.7 Å². The van der Waals surface area contributed by atoms with E-state index >= 15 is 0 Å². The van der Waals surface area contributed by atoms with E-state index in [1.54, 1.807) is 41.3 Å². The molecule has 0 spiro atoms. The topological polar surface area (TPSA) is 57.6 Å². The van der Waals surface area contributed by atoms with Crippen LogP contribution in [0.4, 0.5) is 4.39 Å². The number of benzene rings is 2. The number of aliphatic hydroxyl groups excluding tert-OH is 1. The van der Waals surface area contributed by atoms with Gasteiger partial charge in [-0.2, -0.15) is 0 Å². The Morgan fingerprint density at radius 3 is 1.77 bits per heavy atom. The molecule has 1 aliphatic rings. The number of hydrogen-bond acceptors (Lipinski definition) is 3. The first-order valence-corrected chi connectivity index (χ1v) is 15.5. The van der Waals surface area contributed by atoms with E-state index in [-0.39, 0.29) is 11.3 Å². The molecular weight excluding hydrogens is 557 g/mol. The second kappa shape index (κ2) is 16.6. The number of halogens is 2. The summed E-state index contributed by atoms with van der Waals surface area (Å²) in [7, 11) is 0. The number of nitrogens with zero attached hydrogens (tertiary/aromatic N) is 1. The van der Waals surface area contributed by atoms with Crippen molar-refractivity contribution in [3.8, 4) is 0 Å². The van der Waals surface area contributed by atoms with Crippen LogP contribution in [0.25, 0.3) is 5.76 Å². The molecule has 212 valence electrons. The third kappa shape index (κ3) is 9.30. The van der Waals surface area contributed by atoms with Gasteiger partial charge in [-0.3, -0.25) is 9.59 Å². The van der Waals surface area contributed by atoms with Crippen molar-refractivity contribution in [2.45, 2.75) is 103 Å². The van der Waals surface area contributed by atoms with Crippen molar-refractivity contribution in [3.05, 3.63) is 75.5 Å². The Labute approximate surface area is 241 Å². The molecule has 1 amide bonds. The van der Waals surface area contributed by atoms with E-state index in [4.69, 9.17) is 0 Å². The van der Waals surface area contributed by atoms with Gasteiger partial charge in [0.15, 0.2) is 0 Å². The lowest BCUT2D eigenvalue weighted by Gasteiger charge is -2.25. The highest BCUT2D eigenvalue weighted by atomic mass is 79.9. The van der Waals surface area contributed by atoms with Gasteiger partial charge in [-0.15, -0.1) is 0 Å². The van der Waals surface area contributed by atoms with Gasteiger partial charge in [0.2, 0.25) is 0 Å². The molecule has 1 heterocycles. The lowest BCUT2D eigenvalue weighted by molar-refractivity contribution is -0.139. The molecule has 0 saturated carbocycles. The first-order valence-electron chi connectivity index (χ1n) is 14.7. The van der Waals surface area contributed by atoms with Crippen LogP contribution in [0, 0.1) is 5.82 Å². The van der Waals surface area contributed by atoms with Gasteiger partial charge in [0.25, 0.3) is 11.7 Å². The van der Waals surface area contributed by atoms with Gasteiger partial charge in [-0.25, -0.2) is 4.39 Å². The van der Waals surface area contributed by atoms with Gasteiger partial charge in [0.1, 0.15) is 11.6 Å². The smallest absolute Gasteiger partial charge is 0.295 e. The van der Waals surface area contributed by atoms with Crippen LogP contribution >= 0.6 is 15.9 Å². The van der Waals surface area contributed by atoms with Gasteiger partial charge in [-0.05, 0) is 36.2 Å². The third-order valence-corrected chi connectivity index (χ3v) is 8.12. The van der Waals surface area contributed by atoms with Crippen molar-refractivity contribution in [2.24, 2.45) is 0 Å². The normalized spacial score (nSPS) is 16.8. The third-order valence-electron chi connectivity index (χ3n) is 7.60. The monoisotopic (exact) mass is 599 g/mol. The van der Waals surface area contributed by atoms with Crippen LogP contribution in [0.5, 0.6) is 0 Å². The zero-order chi connectivity index (χ0) is 28.0. The highest BCUT2D eigenvalue weighted by molar-refractivity contribution is 9.10. The molecule has 1 atom stereocenters. The Kier molecular flexibility index (Phi) is 13.2. The molecule has 0 bridgehead atoms. The average Bonchev–Trinajstić information content (AvgIpc) is 3.18. The van der Waals surface area contributed by atoms with Gasteiger partial charge < -0.3 is 10.0 Å². The largest absolute Gasteiger partial charge is 0.507 e. The minimum absolute atomic E-state index is 0.0549. The molecule has 4 nitrogen and oxygen atoms in total. The molecule has 3 rings (SSSR count). The van der Waals surface area contributed by atoms with Crippen LogP contribution in [0.15, 0.2) is 58.6 Å². The van der Waals surface area contributed by atoms with Crippen LogP contribution in [-0.2, 0) is 9.59 Å². The van der Waals surface area contributed by atoms with E-state index in [0.717, 1.165) is 23.7 Å². The number of carbonyl (C=O) groups excluding carboxylic acids is 2. The first kappa shape index (κ1) is 31.1. The van der Waals surface area contributed by atoms with Crippen molar-refractivity contribution in [2.75, 3.05) is 6.54 Å². The first-order chi connectivity index (χ1) is 18.9. The zero-order valence-electron chi connectivity index (χ0n) is 23.3. The number of Topliss-reactive ketones (excluding diaryl/α,β-unsaturated/α-hetero) is 1. The number of rotatable bonds is 17. The minimum atomic E-state index is -0.740. The SMILES string of the molecule is CCCCCCCCCCCCCCCCN1C(=O)C(=O)C(=C(O)c2ccc(Br)cc2)C1c1ccc(F)cc1. The van der Waals surface area contributed by atoms with E-state index in [9.17, 15) is 19.1 Å². The lowest BCUT2D eigenvalue weighted by Crippen LogP contribution is -2.30. The number of hydrogen-bond donors (Lipinski definition) is 1. The standard InChI is InChI=1S/C33H43BrFNO3/c1-2-3-4-5-6-7-8-9-10-11-12-13-14-15-24-36-30(25-18-22-28(35)23-19-25)29(32(38)33(36)39)31(37)26-16-20-27(34)21-17-26/h16-23,30,37H,2-15,24H2,1H3. The maximum Gasteiger partial charge on any atom is 0.295 e. The molecule has 6 heteroatoms. The van der Waals surface area contributed by atoms with Crippen molar-refractivity contribution < 1.29 is 19.1 Å². The van der Waals surface area contributed by atoms with Crippen LogP contribution in [0.2, 0.25) is 0 Å². The van der Waals surface area contributed by atoms with E-state index in [1.165, 1.54) is 82.8 Å². The highest BCUT2D eigenvalue weighted by Crippen LogP contribution is 2.39. The molecule has 2 aromatic rings. The summed E-state index contributed by atoms with van der Waals surface area (Å²) in [5.41, 5.74) is 1.12. The van der Waals surface area contributed by atoms with Crippen LogP contribution in [-0.4, -0.2) is 28.2 Å². The predicted octanol–water partition coefficient (Wildman–Crippen LogP) is 9.49. The minimum Gasteiger partial charge on any atom is -0.507 e. The summed E-state index contributed by atoms with van der Waals surface area (Å²) in [6.07, 6.45) is 17.4. The fourth-order valence-corrected chi connectivity index (χ4v) is 5.61. The van der Waals surface area contributed by atoms with Crippen LogP contribution in [0.3, 0.4) is 0 Å². The zero-order valence-corrected chi connectivity index (χ0v) is 24.9. The molecule has 39 heavy (non-hydrogen) atoms. The van der Waals surface area contributed by atoms with E-state index < -0.39 is 23.5 Å². The van der Waals surface area contributed by atoms with E-state index in [1.807, 2.05) is 0 Å². The molecule has 0 radical (unpaired) electrons. The van der Waals surface area contributed by atoms with E-state index in [2.05, 4.69) is 22.9 Å². The maximum atomic E-state index is 13.7. The highest BCUT2D eigenvalue weighted by Gasteiger charge is 2.45. The van der Waals surface area contributed by atoms with Crippen LogP contribution in [0.1, 0.15) is 114 Å². The van der Waals surface area contributed by atoms with Gasteiger partial charge in [-0.1, -0.05) is 131 Å². The van der Waals surface area contributed by atoms with Crippen molar-refractivity contribution in [1.82, 2.24) is 4.90 Å². The van der Waals surface area contributed by atoms with Crippen molar-refractivity contribution >= 4 is 33.4 Å². The average molecular weight is 601 g/mol. The maximum absolute atomic E-state index is 13.7. The summed E-state index contributed by atoms with van der Waals surface area (Å²) in [6, 6.07) is 12.0. The second-order valence-corrected chi connectivity index (χ2v) is 11.6. The summed E-state index contributed by atoms with van der Waals surface area (Å²) in [5.74, 6) is -1.91. The number of unbranched alkanes of at least 4 members (excludes halogenated alkanes) is 13. The quantitative estimate of drug-likeness (QED) is 0.0852. The molecule has 0 aliphatic carbocycles. The Morgan fingerprint density at radius 1 is 0.769 bits per heavy atom. The molecular formula is C33H43BrFNO3. The molecule has 2 aromatic carbocycles. The molecule has 1 saturated heterocycles. The Balaban J connectivity index is 1.52. The van der Waals surface area contributed by atoms with Gasteiger partial charge in [0.05, 0.1) is 11.6 Å². The lowest BCUT2D eigenvalue weighted by atomic mass is 9.95. The summed E-state index contributed by atoms with van der Waals surface area (Å²) < 4.78 is 14.5. The summed E-state index contributed by atoms with van der Waals surface area (Å²) >= 11 is 3.38. The van der Waals surface area contributed by atoms with Crippen LogP contribution < -0.4 is 0 Å². The molecule has 0 aromatic heterocycles. The van der Waals surface area contributed by atoms with Gasteiger partial charge in [0, 0.05) is 16.6 Å². The second-order valence-electron chi connectivity index (χ2n) is 10.6. The number of amides is 1. The van der Waals surface area contributed by atoms with Gasteiger partial charge >= 0.3 is 0 Å².